The maximum absolute atomic E-state index is 12.3. The number of carbonyl (C=O) groups is 1. The van der Waals surface area contributed by atoms with Gasteiger partial charge in [-0.3, -0.25) is 14.8 Å². The summed E-state index contributed by atoms with van der Waals surface area (Å²) in [7, 11) is 1.60. The zero-order valence-electron chi connectivity index (χ0n) is 13.7. The molecule has 7 heteroatoms. The molecule has 7 nitrogen and oxygen atoms in total. The Balaban J connectivity index is 1.71. The lowest BCUT2D eigenvalue weighted by Crippen LogP contribution is -2.25. The first-order chi connectivity index (χ1) is 12.2. The SMILES string of the molecule is COc1cncc(C2CC(=O)Nc3c2cnn3Cc2cccnc2)c1. The van der Waals surface area contributed by atoms with Crippen LogP contribution in [0.3, 0.4) is 0 Å². The number of pyridine rings is 2. The fourth-order valence-electron chi connectivity index (χ4n) is 3.09. The smallest absolute Gasteiger partial charge is 0.226 e. The van der Waals surface area contributed by atoms with Crippen molar-refractivity contribution >= 4 is 11.7 Å². The molecule has 0 fully saturated rings. The first-order valence-corrected chi connectivity index (χ1v) is 7.98. The van der Waals surface area contributed by atoms with Crippen LogP contribution in [-0.4, -0.2) is 32.8 Å². The quantitative estimate of drug-likeness (QED) is 0.790. The third-order valence-electron chi connectivity index (χ3n) is 4.32. The first kappa shape index (κ1) is 15.3. The number of aromatic nitrogens is 4. The van der Waals surface area contributed by atoms with E-state index in [4.69, 9.17) is 4.74 Å². The van der Waals surface area contributed by atoms with Gasteiger partial charge in [0.1, 0.15) is 11.6 Å². The van der Waals surface area contributed by atoms with Crippen LogP contribution < -0.4 is 10.1 Å². The molecule has 126 valence electrons. The Hall–Kier alpha value is -3.22. The molecule has 0 bridgehead atoms. The van der Waals surface area contributed by atoms with Crippen molar-refractivity contribution < 1.29 is 9.53 Å². The van der Waals surface area contributed by atoms with Crippen molar-refractivity contribution in [3.8, 4) is 5.75 Å². The lowest BCUT2D eigenvalue weighted by atomic mass is 9.88. The van der Waals surface area contributed by atoms with E-state index < -0.39 is 0 Å². The highest BCUT2D eigenvalue weighted by atomic mass is 16.5. The third kappa shape index (κ3) is 2.96. The molecule has 0 aliphatic carbocycles. The first-order valence-electron chi connectivity index (χ1n) is 7.98. The van der Waals surface area contributed by atoms with Gasteiger partial charge in [-0.15, -0.1) is 0 Å². The van der Waals surface area contributed by atoms with Gasteiger partial charge >= 0.3 is 0 Å². The number of fused-ring (bicyclic) bond motifs is 1. The molecule has 3 aromatic rings. The number of hydrogen-bond acceptors (Lipinski definition) is 5. The van der Waals surface area contributed by atoms with Crippen molar-refractivity contribution in [2.75, 3.05) is 12.4 Å². The second-order valence-corrected chi connectivity index (χ2v) is 5.93. The minimum Gasteiger partial charge on any atom is -0.495 e. The van der Waals surface area contributed by atoms with Gasteiger partial charge < -0.3 is 10.1 Å². The van der Waals surface area contributed by atoms with Crippen molar-refractivity contribution in [1.82, 2.24) is 19.7 Å². The summed E-state index contributed by atoms with van der Waals surface area (Å²) in [5, 5.41) is 7.41. The summed E-state index contributed by atoms with van der Waals surface area (Å²) in [5.74, 6) is 1.28. The molecule has 0 spiro atoms. The molecule has 3 aromatic heterocycles. The van der Waals surface area contributed by atoms with Gasteiger partial charge in [-0.1, -0.05) is 6.07 Å². The molecule has 25 heavy (non-hydrogen) atoms. The van der Waals surface area contributed by atoms with Gasteiger partial charge in [-0.2, -0.15) is 5.10 Å². The topological polar surface area (TPSA) is 81.9 Å². The van der Waals surface area contributed by atoms with Gasteiger partial charge in [0.15, 0.2) is 0 Å². The summed E-state index contributed by atoms with van der Waals surface area (Å²) in [6, 6.07) is 5.78. The van der Waals surface area contributed by atoms with E-state index in [1.807, 2.05) is 24.4 Å². The lowest BCUT2D eigenvalue weighted by molar-refractivity contribution is -0.116. The minimum absolute atomic E-state index is 0.0340. The molecule has 1 aliphatic rings. The van der Waals surface area contributed by atoms with Crippen LogP contribution in [0.1, 0.15) is 29.0 Å². The average molecular weight is 335 g/mol. The minimum atomic E-state index is -0.0889. The number of nitrogens with zero attached hydrogens (tertiary/aromatic N) is 4. The van der Waals surface area contributed by atoms with Crippen LogP contribution in [0.5, 0.6) is 5.75 Å². The molecule has 1 atom stereocenters. The number of ether oxygens (including phenoxy) is 1. The van der Waals surface area contributed by atoms with Crippen molar-refractivity contribution in [3.05, 3.63) is 65.9 Å². The molecule has 0 saturated heterocycles. The Morgan fingerprint density at radius 1 is 1.28 bits per heavy atom. The Bertz CT molecular complexity index is 907. The van der Waals surface area contributed by atoms with E-state index >= 15 is 0 Å². The number of hydrogen-bond donors (Lipinski definition) is 1. The summed E-state index contributed by atoms with van der Waals surface area (Å²) in [6.45, 7) is 0.548. The van der Waals surface area contributed by atoms with E-state index in [2.05, 4.69) is 20.4 Å². The normalized spacial score (nSPS) is 16.2. The summed E-state index contributed by atoms with van der Waals surface area (Å²) in [4.78, 5) is 20.6. The van der Waals surface area contributed by atoms with E-state index in [0.29, 0.717) is 18.7 Å². The molecule has 1 aliphatic heterocycles. The van der Waals surface area contributed by atoms with Crippen LogP contribution in [0.4, 0.5) is 5.82 Å². The van der Waals surface area contributed by atoms with Crippen LogP contribution in [0.25, 0.3) is 0 Å². The van der Waals surface area contributed by atoms with Gasteiger partial charge in [-0.25, -0.2) is 4.68 Å². The molecule has 0 radical (unpaired) electrons. The van der Waals surface area contributed by atoms with Crippen LogP contribution >= 0.6 is 0 Å². The molecule has 0 saturated carbocycles. The van der Waals surface area contributed by atoms with Crippen molar-refractivity contribution in [1.29, 1.82) is 0 Å². The molecule has 4 heterocycles. The van der Waals surface area contributed by atoms with Crippen LogP contribution in [-0.2, 0) is 11.3 Å². The van der Waals surface area contributed by atoms with Gasteiger partial charge in [0.25, 0.3) is 0 Å². The highest BCUT2D eigenvalue weighted by Gasteiger charge is 2.30. The van der Waals surface area contributed by atoms with Crippen molar-refractivity contribution in [3.63, 3.8) is 0 Å². The number of anilines is 1. The van der Waals surface area contributed by atoms with E-state index in [-0.39, 0.29) is 11.8 Å². The lowest BCUT2D eigenvalue weighted by Gasteiger charge is -2.23. The highest BCUT2D eigenvalue weighted by Crippen LogP contribution is 2.37. The predicted molar refractivity (Wildman–Crippen MR) is 91.4 cm³/mol. The second kappa shape index (κ2) is 6.35. The monoisotopic (exact) mass is 335 g/mol. The molecule has 1 amide bonds. The van der Waals surface area contributed by atoms with Crippen LogP contribution in [0.15, 0.2) is 49.2 Å². The number of nitrogens with one attached hydrogen (secondary N) is 1. The summed E-state index contributed by atoms with van der Waals surface area (Å²) in [5.41, 5.74) is 2.95. The van der Waals surface area contributed by atoms with Crippen LogP contribution in [0, 0.1) is 0 Å². The van der Waals surface area contributed by atoms with E-state index in [1.165, 1.54) is 0 Å². The molecular formula is C18H17N5O2. The second-order valence-electron chi connectivity index (χ2n) is 5.93. The Morgan fingerprint density at radius 2 is 2.20 bits per heavy atom. The Labute approximate surface area is 144 Å². The number of methoxy groups -OCH3 is 1. The maximum atomic E-state index is 12.3. The number of amides is 1. The van der Waals surface area contributed by atoms with Gasteiger partial charge in [-0.05, 0) is 23.3 Å². The maximum Gasteiger partial charge on any atom is 0.226 e. The standard InChI is InChI=1S/C18H17N5O2/c1-25-14-5-13(8-20-9-14)15-6-17(24)22-18-16(15)10-21-23(18)11-12-3-2-4-19-7-12/h2-5,7-10,15H,6,11H2,1H3,(H,22,24). The average Bonchev–Trinajstić information content (AvgIpc) is 3.04. The summed E-state index contributed by atoms with van der Waals surface area (Å²) >= 11 is 0. The van der Waals surface area contributed by atoms with Crippen LogP contribution in [0.2, 0.25) is 0 Å². The predicted octanol–water partition coefficient (Wildman–Crippen LogP) is 2.20. The van der Waals surface area contributed by atoms with E-state index in [0.717, 1.165) is 22.5 Å². The molecular weight excluding hydrogens is 318 g/mol. The fourth-order valence-corrected chi connectivity index (χ4v) is 3.09. The Morgan fingerprint density at radius 3 is 3.00 bits per heavy atom. The Kier molecular flexibility index (Phi) is 3.89. The summed E-state index contributed by atoms with van der Waals surface area (Å²) in [6.07, 6.45) is 9.13. The molecule has 0 aromatic carbocycles. The zero-order chi connectivity index (χ0) is 17.2. The zero-order valence-corrected chi connectivity index (χ0v) is 13.7. The van der Waals surface area contributed by atoms with Gasteiger partial charge in [0.05, 0.1) is 26.0 Å². The largest absolute Gasteiger partial charge is 0.495 e. The molecule has 1 unspecified atom stereocenters. The van der Waals surface area contributed by atoms with Crippen molar-refractivity contribution in [2.24, 2.45) is 0 Å². The fraction of sp³-hybridized carbons (Fsp3) is 0.222. The summed E-state index contributed by atoms with van der Waals surface area (Å²) < 4.78 is 7.05. The van der Waals surface area contributed by atoms with E-state index in [1.54, 1.807) is 36.6 Å². The molecule has 1 N–H and O–H groups in total. The number of carbonyl (C=O) groups excluding carboxylic acids is 1. The van der Waals surface area contributed by atoms with Gasteiger partial charge in [0.2, 0.25) is 5.91 Å². The molecule has 4 rings (SSSR count). The van der Waals surface area contributed by atoms with E-state index in [9.17, 15) is 4.79 Å². The van der Waals surface area contributed by atoms with Crippen molar-refractivity contribution in [2.45, 2.75) is 18.9 Å². The number of rotatable bonds is 4. The van der Waals surface area contributed by atoms with Gasteiger partial charge in [0, 0.05) is 36.5 Å². The third-order valence-corrected chi connectivity index (χ3v) is 4.32. The highest BCUT2D eigenvalue weighted by molar-refractivity contribution is 5.94.